The van der Waals surface area contributed by atoms with Crippen molar-refractivity contribution in [1.82, 2.24) is 24.8 Å². The Balaban J connectivity index is 1.83. The molecule has 3 aromatic rings. The van der Waals surface area contributed by atoms with Crippen LogP contribution >= 0.6 is 0 Å². The highest BCUT2D eigenvalue weighted by Crippen LogP contribution is 2.13. The first-order chi connectivity index (χ1) is 10.2. The van der Waals surface area contributed by atoms with E-state index in [4.69, 9.17) is 10.4 Å². The predicted octanol–water partition coefficient (Wildman–Crippen LogP) is 0.634. The van der Waals surface area contributed by atoms with Crippen molar-refractivity contribution in [3.8, 4) is 6.07 Å². The van der Waals surface area contributed by atoms with E-state index in [2.05, 4.69) is 25.6 Å². The molecule has 0 fully saturated rings. The summed E-state index contributed by atoms with van der Waals surface area (Å²) in [5, 5.41) is 31.2. The Morgan fingerprint density at radius 1 is 1.57 bits per heavy atom. The van der Waals surface area contributed by atoms with E-state index in [-0.39, 0.29) is 5.69 Å². The molecule has 3 N–H and O–H groups in total. The number of hydrogen-bond acceptors (Lipinski definition) is 6. The average molecular weight is 283 g/mol. The van der Waals surface area contributed by atoms with Crippen LogP contribution in [0.15, 0.2) is 24.5 Å². The third kappa shape index (κ3) is 2.25. The van der Waals surface area contributed by atoms with Crippen LogP contribution < -0.4 is 5.32 Å². The van der Waals surface area contributed by atoms with Crippen LogP contribution in [0.1, 0.15) is 21.7 Å². The molecule has 0 aliphatic carbocycles. The molecular formula is C12H9N7O2. The molecule has 9 nitrogen and oxygen atoms in total. The fraction of sp³-hybridized carbons (Fsp3) is 0.0833. The summed E-state index contributed by atoms with van der Waals surface area (Å²) in [6.45, 7) is 0.334. The van der Waals surface area contributed by atoms with E-state index in [1.165, 1.54) is 16.8 Å². The van der Waals surface area contributed by atoms with Crippen LogP contribution in [0.4, 0.5) is 5.82 Å². The maximum absolute atomic E-state index is 10.7. The molecular weight excluding hydrogens is 274 g/mol. The second-order valence-corrected chi connectivity index (χ2v) is 4.17. The van der Waals surface area contributed by atoms with Gasteiger partial charge in [-0.1, -0.05) is 0 Å². The summed E-state index contributed by atoms with van der Waals surface area (Å²) in [5.41, 5.74) is 1.41. The summed E-state index contributed by atoms with van der Waals surface area (Å²) < 4.78 is 1.51. The molecule has 0 saturated carbocycles. The highest BCUT2D eigenvalue weighted by molar-refractivity contribution is 5.85. The zero-order valence-corrected chi connectivity index (χ0v) is 10.6. The first-order valence-electron chi connectivity index (χ1n) is 5.93. The van der Waals surface area contributed by atoms with E-state index >= 15 is 0 Å². The Morgan fingerprint density at radius 3 is 3.14 bits per heavy atom. The second kappa shape index (κ2) is 4.93. The monoisotopic (exact) mass is 283 g/mol. The Kier molecular flexibility index (Phi) is 2.96. The molecule has 0 aromatic carbocycles. The van der Waals surface area contributed by atoms with Crippen molar-refractivity contribution in [3.63, 3.8) is 0 Å². The summed E-state index contributed by atoms with van der Waals surface area (Å²) in [4.78, 5) is 14.8. The van der Waals surface area contributed by atoms with Crippen LogP contribution in [0.2, 0.25) is 0 Å². The van der Waals surface area contributed by atoms with Gasteiger partial charge in [0.15, 0.2) is 11.3 Å². The van der Waals surface area contributed by atoms with Crippen molar-refractivity contribution >= 4 is 17.4 Å². The number of H-pyrrole nitrogens is 1. The second-order valence-electron chi connectivity index (χ2n) is 4.17. The number of carbonyl (C=O) groups is 1. The van der Waals surface area contributed by atoms with Gasteiger partial charge in [-0.25, -0.2) is 9.78 Å². The lowest BCUT2D eigenvalue weighted by molar-refractivity contribution is 0.0690. The van der Waals surface area contributed by atoms with Gasteiger partial charge < -0.3 is 10.4 Å². The fourth-order valence-corrected chi connectivity index (χ4v) is 1.85. The molecule has 0 aliphatic heterocycles. The van der Waals surface area contributed by atoms with E-state index in [0.29, 0.717) is 29.3 Å². The first-order valence-corrected chi connectivity index (χ1v) is 5.93. The van der Waals surface area contributed by atoms with Crippen LogP contribution in [0, 0.1) is 11.3 Å². The number of aromatic carboxylic acids is 1. The summed E-state index contributed by atoms with van der Waals surface area (Å²) in [6, 6.07) is 5.16. The van der Waals surface area contributed by atoms with Gasteiger partial charge in [0, 0.05) is 6.20 Å². The summed E-state index contributed by atoms with van der Waals surface area (Å²) >= 11 is 0. The number of nitrogens with zero attached hydrogens (tertiary/aromatic N) is 5. The zero-order chi connectivity index (χ0) is 14.8. The number of hydrogen-bond donors (Lipinski definition) is 3. The lowest BCUT2D eigenvalue weighted by Gasteiger charge is -2.06. The molecule has 0 aliphatic rings. The Morgan fingerprint density at radius 2 is 2.43 bits per heavy atom. The van der Waals surface area contributed by atoms with Crippen LogP contribution in [-0.4, -0.2) is 35.9 Å². The molecule has 3 heterocycles. The molecule has 3 aromatic heterocycles. The molecule has 0 unspecified atom stereocenters. The third-order valence-corrected chi connectivity index (χ3v) is 2.83. The van der Waals surface area contributed by atoms with Gasteiger partial charge in [0.25, 0.3) is 0 Å². The molecule has 0 spiro atoms. The molecule has 21 heavy (non-hydrogen) atoms. The lowest BCUT2D eigenvalue weighted by Crippen LogP contribution is -2.06. The largest absolute Gasteiger partial charge is 0.476 e. The summed E-state index contributed by atoms with van der Waals surface area (Å²) in [6.07, 6.45) is 3.00. The van der Waals surface area contributed by atoms with E-state index in [9.17, 15) is 4.79 Å². The van der Waals surface area contributed by atoms with E-state index in [1.54, 1.807) is 12.3 Å². The Bertz CT molecular complexity index is 858. The highest BCUT2D eigenvalue weighted by atomic mass is 16.4. The normalized spacial score (nSPS) is 10.4. The van der Waals surface area contributed by atoms with Crippen molar-refractivity contribution in [3.05, 3.63) is 41.5 Å². The van der Waals surface area contributed by atoms with Crippen LogP contribution in [0.25, 0.3) is 5.65 Å². The zero-order valence-electron chi connectivity index (χ0n) is 10.6. The van der Waals surface area contributed by atoms with Gasteiger partial charge in [0.2, 0.25) is 0 Å². The number of carboxylic acid groups (broad SMARTS) is 1. The van der Waals surface area contributed by atoms with Crippen LogP contribution in [-0.2, 0) is 6.54 Å². The minimum atomic E-state index is -1.09. The van der Waals surface area contributed by atoms with Crippen LogP contribution in [0.3, 0.4) is 0 Å². The van der Waals surface area contributed by atoms with Crippen molar-refractivity contribution in [2.75, 3.05) is 5.32 Å². The minimum absolute atomic E-state index is 0.0440. The van der Waals surface area contributed by atoms with Crippen LogP contribution in [0.5, 0.6) is 0 Å². The molecule has 104 valence electrons. The van der Waals surface area contributed by atoms with Crippen molar-refractivity contribution < 1.29 is 9.90 Å². The number of rotatable bonds is 4. The van der Waals surface area contributed by atoms with Crippen molar-refractivity contribution in [2.45, 2.75) is 6.54 Å². The minimum Gasteiger partial charge on any atom is -0.476 e. The fourth-order valence-electron chi connectivity index (χ4n) is 1.85. The smallest absolute Gasteiger partial charge is 0.356 e. The summed E-state index contributed by atoms with van der Waals surface area (Å²) in [7, 11) is 0. The quantitative estimate of drug-likeness (QED) is 0.639. The lowest BCUT2D eigenvalue weighted by atomic mass is 10.3. The molecule has 9 heteroatoms. The molecule has 0 amide bonds. The Labute approximate surface area is 117 Å². The van der Waals surface area contributed by atoms with Gasteiger partial charge in [0.1, 0.15) is 17.5 Å². The van der Waals surface area contributed by atoms with Gasteiger partial charge in [-0.2, -0.15) is 20.0 Å². The maximum Gasteiger partial charge on any atom is 0.356 e. The highest BCUT2D eigenvalue weighted by Gasteiger charge is 2.10. The number of aromatic amines is 1. The third-order valence-electron chi connectivity index (χ3n) is 2.83. The topological polar surface area (TPSA) is 132 Å². The average Bonchev–Trinajstić information content (AvgIpc) is 3.11. The Hall–Kier alpha value is -3.41. The molecule has 0 radical (unpaired) electrons. The molecule has 0 saturated heterocycles. The maximum atomic E-state index is 10.7. The van der Waals surface area contributed by atoms with E-state index in [0.717, 1.165) is 0 Å². The van der Waals surface area contributed by atoms with Crippen molar-refractivity contribution in [1.29, 1.82) is 5.26 Å². The predicted molar refractivity (Wildman–Crippen MR) is 70.6 cm³/mol. The number of nitriles is 1. The van der Waals surface area contributed by atoms with Gasteiger partial charge >= 0.3 is 5.97 Å². The van der Waals surface area contributed by atoms with Gasteiger partial charge in [-0.3, -0.25) is 5.10 Å². The first kappa shape index (κ1) is 12.6. The number of carboxylic acids is 1. The van der Waals surface area contributed by atoms with E-state index < -0.39 is 5.97 Å². The van der Waals surface area contributed by atoms with Gasteiger partial charge in [0.05, 0.1) is 18.4 Å². The summed E-state index contributed by atoms with van der Waals surface area (Å²) in [5.74, 6) is -0.456. The number of anilines is 1. The van der Waals surface area contributed by atoms with Gasteiger partial charge in [-0.05, 0) is 12.1 Å². The SMILES string of the molecule is N#Cc1cnn2c(NCc3cc(C(=O)O)n[nH]3)ccnc12. The number of nitrogens with one attached hydrogen (secondary N) is 2. The number of aromatic nitrogens is 5. The van der Waals surface area contributed by atoms with Gasteiger partial charge in [-0.15, -0.1) is 0 Å². The molecule has 3 rings (SSSR count). The van der Waals surface area contributed by atoms with Crippen molar-refractivity contribution in [2.24, 2.45) is 0 Å². The standard InChI is InChI=1S/C12H9N7O2/c13-4-7-5-16-19-10(1-2-14-11(7)19)15-6-8-3-9(12(20)21)18-17-8/h1-3,5,15H,6H2,(H,17,18)(H,20,21). The molecule has 0 bridgehead atoms. The van der Waals surface area contributed by atoms with E-state index in [1.807, 2.05) is 6.07 Å². The molecule has 0 atom stereocenters. The number of fused-ring (bicyclic) bond motifs is 1.